The van der Waals surface area contributed by atoms with E-state index in [1.54, 1.807) is 18.2 Å². The summed E-state index contributed by atoms with van der Waals surface area (Å²) in [5.74, 6) is 0. The van der Waals surface area contributed by atoms with E-state index in [1.165, 1.54) is 12.1 Å². The van der Waals surface area contributed by atoms with Crippen LogP contribution in [0, 0.1) is 10.1 Å². The molecular weight excluding hydrogens is 182 g/mol. The van der Waals surface area contributed by atoms with Gasteiger partial charge in [-0.15, -0.1) is 6.58 Å². The molecule has 0 aliphatic rings. The van der Waals surface area contributed by atoms with Crippen LogP contribution in [0.15, 0.2) is 36.9 Å². The summed E-state index contributed by atoms with van der Waals surface area (Å²) in [6, 6.07) is 6.16. The molecule has 1 rings (SSSR count). The molecule has 0 aliphatic carbocycles. The van der Waals surface area contributed by atoms with Crippen LogP contribution in [-0.4, -0.2) is 10.0 Å². The molecular formula is C10H11NO3. The molecule has 0 heterocycles. The fourth-order valence-corrected chi connectivity index (χ4v) is 1.22. The maximum absolute atomic E-state index is 10.6. The van der Waals surface area contributed by atoms with E-state index in [0.29, 0.717) is 12.0 Å². The first-order valence-corrected chi connectivity index (χ1v) is 4.19. The fraction of sp³-hybridized carbons (Fsp3) is 0.200. The maximum atomic E-state index is 10.6. The van der Waals surface area contributed by atoms with Crippen LogP contribution in [0.25, 0.3) is 0 Å². The summed E-state index contributed by atoms with van der Waals surface area (Å²) >= 11 is 0. The van der Waals surface area contributed by atoms with Gasteiger partial charge in [-0.3, -0.25) is 10.1 Å². The molecule has 1 atom stereocenters. The van der Waals surface area contributed by atoms with Gasteiger partial charge in [-0.25, -0.2) is 0 Å². The molecule has 0 aromatic heterocycles. The Labute approximate surface area is 81.6 Å². The SMILES string of the molecule is C=CC[C@H](O)c1ccccc1[N+](=O)[O-]. The largest absolute Gasteiger partial charge is 0.388 e. The van der Waals surface area contributed by atoms with E-state index < -0.39 is 11.0 Å². The van der Waals surface area contributed by atoms with Gasteiger partial charge in [0.25, 0.3) is 5.69 Å². The summed E-state index contributed by atoms with van der Waals surface area (Å²) in [6.07, 6.45) is 0.987. The molecule has 0 saturated heterocycles. The monoisotopic (exact) mass is 193 g/mol. The van der Waals surface area contributed by atoms with E-state index >= 15 is 0 Å². The molecule has 14 heavy (non-hydrogen) atoms. The zero-order valence-corrected chi connectivity index (χ0v) is 7.59. The summed E-state index contributed by atoms with van der Waals surface area (Å²) in [4.78, 5) is 10.1. The third kappa shape index (κ3) is 2.17. The Morgan fingerprint density at radius 3 is 2.79 bits per heavy atom. The Morgan fingerprint density at radius 1 is 1.57 bits per heavy atom. The number of benzene rings is 1. The van der Waals surface area contributed by atoms with Crippen molar-refractivity contribution < 1.29 is 10.0 Å². The van der Waals surface area contributed by atoms with Crippen molar-refractivity contribution in [1.29, 1.82) is 0 Å². The molecule has 74 valence electrons. The first kappa shape index (κ1) is 10.4. The van der Waals surface area contributed by atoms with Gasteiger partial charge in [-0.1, -0.05) is 18.2 Å². The highest BCUT2D eigenvalue weighted by atomic mass is 16.6. The summed E-state index contributed by atoms with van der Waals surface area (Å²) < 4.78 is 0. The molecule has 0 aliphatic heterocycles. The van der Waals surface area contributed by atoms with Gasteiger partial charge in [0.1, 0.15) is 0 Å². The lowest BCUT2D eigenvalue weighted by Crippen LogP contribution is -2.01. The zero-order valence-electron chi connectivity index (χ0n) is 7.59. The lowest BCUT2D eigenvalue weighted by Gasteiger charge is -2.07. The van der Waals surface area contributed by atoms with E-state index in [9.17, 15) is 15.2 Å². The molecule has 0 bridgehead atoms. The van der Waals surface area contributed by atoms with E-state index in [4.69, 9.17) is 0 Å². The first-order chi connectivity index (χ1) is 6.66. The molecule has 1 N–H and O–H groups in total. The van der Waals surface area contributed by atoms with Crippen LogP contribution in [0.1, 0.15) is 18.1 Å². The van der Waals surface area contributed by atoms with Crippen molar-refractivity contribution in [2.45, 2.75) is 12.5 Å². The Morgan fingerprint density at radius 2 is 2.21 bits per heavy atom. The first-order valence-electron chi connectivity index (χ1n) is 4.19. The van der Waals surface area contributed by atoms with Gasteiger partial charge in [0, 0.05) is 6.07 Å². The minimum atomic E-state index is -0.853. The zero-order chi connectivity index (χ0) is 10.6. The van der Waals surface area contributed by atoms with Crippen LogP contribution >= 0.6 is 0 Å². The average molecular weight is 193 g/mol. The average Bonchev–Trinajstić information content (AvgIpc) is 2.18. The van der Waals surface area contributed by atoms with Crippen molar-refractivity contribution >= 4 is 5.69 Å². The second-order valence-corrected chi connectivity index (χ2v) is 2.86. The van der Waals surface area contributed by atoms with E-state index in [-0.39, 0.29) is 5.69 Å². The van der Waals surface area contributed by atoms with Gasteiger partial charge in [-0.05, 0) is 12.5 Å². The van der Waals surface area contributed by atoms with Crippen molar-refractivity contribution in [3.63, 3.8) is 0 Å². The maximum Gasteiger partial charge on any atom is 0.275 e. The van der Waals surface area contributed by atoms with Crippen molar-refractivity contribution in [2.75, 3.05) is 0 Å². The lowest BCUT2D eigenvalue weighted by molar-refractivity contribution is -0.386. The summed E-state index contributed by atoms with van der Waals surface area (Å²) in [7, 11) is 0. The highest BCUT2D eigenvalue weighted by molar-refractivity contribution is 5.41. The predicted octanol–water partition coefficient (Wildman–Crippen LogP) is 2.20. The number of nitro benzene ring substituents is 1. The number of hydrogen-bond acceptors (Lipinski definition) is 3. The normalized spacial score (nSPS) is 12.1. The van der Waals surface area contributed by atoms with Gasteiger partial charge in [-0.2, -0.15) is 0 Å². The van der Waals surface area contributed by atoms with Crippen molar-refractivity contribution in [2.24, 2.45) is 0 Å². The molecule has 1 aromatic carbocycles. The molecule has 0 radical (unpaired) electrons. The van der Waals surface area contributed by atoms with Crippen molar-refractivity contribution in [1.82, 2.24) is 0 Å². The molecule has 4 nitrogen and oxygen atoms in total. The number of rotatable bonds is 4. The number of aliphatic hydroxyl groups excluding tert-OH is 1. The summed E-state index contributed by atoms with van der Waals surface area (Å²) in [5.41, 5.74) is 0.277. The second-order valence-electron chi connectivity index (χ2n) is 2.86. The number of hydrogen-bond donors (Lipinski definition) is 1. The van der Waals surface area contributed by atoms with Crippen LogP contribution < -0.4 is 0 Å². The summed E-state index contributed by atoms with van der Waals surface area (Å²) in [5, 5.41) is 20.2. The van der Waals surface area contributed by atoms with Gasteiger partial charge in [0.2, 0.25) is 0 Å². The Bertz CT molecular complexity index is 349. The van der Waals surface area contributed by atoms with E-state index in [2.05, 4.69) is 6.58 Å². The molecule has 0 unspecified atom stereocenters. The number of para-hydroxylation sites is 1. The van der Waals surface area contributed by atoms with Crippen molar-refractivity contribution in [3.05, 3.63) is 52.6 Å². The van der Waals surface area contributed by atoms with Gasteiger partial charge in [0.05, 0.1) is 16.6 Å². The molecule has 0 spiro atoms. The quantitative estimate of drug-likeness (QED) is 0.453. The van der Waals surface area contributed by atoms with Crippen LogP contribution in [0.5, 0.6) is 0 Å². The number of aliphatic hydroxyl groups is 1. The standard InChI is InChI=1S/C10H11NO3/c1-2-5-10(12)8-6-3-4-7-9(8)11(13)14/h2-4,6-7,10,12H,1,5H2/t10-/m0/s1. The topological polar surface area (TPSA) is 63.4 Å². The minimum Gasteiger partial charge on any atom is -0.388 e. The highest BCUT2D eigenvalue weighted by Crippen LogP contribution is 2.26. The predicted molar refractivity (Wildman–Crippen MR) is 52.9 cm³/mol. The van der Waals surface area contributed by atoms with Crippen LogP contribution in [0.4, 0.5) is 5.69 Å². The van der Waals surface area contributed by atoms with Gasteiger partial charge in [0.15, 0.2) is 0 Å². The molecule has 4 heteroatoms. The fourth-order valence-electron chi connectivity index (χ4n) is 1.22. The highest BCUT2D eigenvalue weighted by Gasteiger charge is 2.17. The second kappa shape index (κ2) is 4.53. The molecule has 1 aromatic rings. The number of nitro groups is 1. The molecule has 0 saturated carbocycles. The van der Waals surface area contributed by atoms with E-state index in [0.717, 1.165) is 0 Å². The third-order valence-electron chi connectivity index (χ3n) is 1.88. The summed E-state index contributed by atoms with van der Waals surface area (Å²) in [6.45, 7) is 3.47. The van der Waals surface area contributed by atoms with Crippen LogP contribution in [0.2, 0.25) is 0 Å². The van der Waals surface area contributed by atoms with Crippen LogP contribution in [0.3, 0.4) is 0 Å². The number of nitrogens with zero attached hydrogens (tertiary/aromatic N) is 1. The molecule has 0 fully saturated rings. The van der Waals surface area contributed by atoms with Crippen molar-refractivity contribution in [3.8, 4) is 0 Å². The smallest absolute Gasteiger partial charge is 0.275 e. The Hall–Kier alpha value is -1.68. The van der Waals surface area contributed by atoms with Gasteiger partial charge >= 0.3 is 0 Å². The lowest BCUT2D eigenvalue weighted by atomic mass is 10.0. The van der Waals surface area contributed by atoms with Gasteiger partial charge < -0.3 is 5.11 Å². The Balaban J connectivity index is 3.06. The van der Waals surface area contributed by atoms with E-state index in [1.807, 2.05) is 0 Å². The van der Waals surface area contributed by atoms with Crippen LogP contribution in [-0.2, 0) is 0 Å². The Kier molecular flexibility index (Phi) is 3.36. The third-order valence-corrected chi connectivity index (χ3v) is 1.88. The molecule has 0 amide bonds. The minimum absolute atomic E-state index is 0.0538.